The van der Waals surface area contributed by atoms with Crippen LogP contribution in [0, 0.1) is 11.3 Å². The zero-order chi connectivity index (χ0) is 12.3. The topological polar surface area (TPSA) is 67.4 Å². The Morgan fingerprint density at radius 1 is 1.41 bits per heavy atom. The molecule has 17 heavy (non-hydrogen) atoms. The standard InChI is InChI=1S/C12H20N2O3/c1-2-17-10(15)8-14-11(16)9-7-12(9)3-5-13-6-4-12/h9,13H,2-8H2,1H3,(H,14,16). The number of ether oxygens (including phenoxy) is 1. The summed E-state index contributed by atoms with van der Waals surface area (Å²) >= 11 is 0. The molecule has 1 saturated carbocycles. The number of carbonyl (C=O) groups is 2. The van der Waals surface area contributed by atoms with Gasteiger partial charge >= 0.3 is 5.97 Å². The molecule has 2 aliphatic rings. The Bertz CT molecular complexity index is 311. The normalized spacial score (nSPS) is 25.4. The minimum Gasteiger partial charge on any atom is -0.465 e. The minimum absolute atomic E-state index is 0.00248. The van der Waals surface area contributed by atoms with Crippen molar-refractivity contribution in [3.8, 4) is 0 Å². The molecule has 0 aromatic carbocycles. The Balaban J connectivity index is 1.73. The second kappa shape index (κ2) is 5.04. The first kappa shape index (κ1) is 12.4. The van der Waals surface area contributed by atoms with Crippen molar-refractivity contribution in [3.63, 3.8) is 0 Å². The molecule has 2 fully saturated rings. The van der Waals surface area contributed by atoms with E-state index in [9.17, 15) is 9.59 Å². The van der Waals surface area contributed by atoms with E-state index in [0.29, 0.717) is 6.61 Å². The number of amides is 1. The molecule has 1 spiro atoms. The van der Waals surface area contributed by atoms with Gasteiger partial charge in [0.1, 0.15) is 6.54 Å². The van der Waals surface area contributed by atoms with Crippen LogP contribution in [0.4, 0.5) is 0 Å². The van der Waals surface area contributed by atoms with Crippen molar-refractivity contribution < 1.29 is 14.3 Å². The van der Waals surface area contributed by atoms with Crippen LogP contribution in [0.1, 0.15) is 26.2 Å². The highest BCUT2D eigenvalue weighted by atomic mass is 16.5. The van der Waals surface area contributed by atoms with Gasteiger partial charge in [0.15, 0.2) is 0 Å². The summed E-state index contributed by atoms with van der Waals surface area (Å²) in [6, 6.07) is 0. The number of piperidine rings is 1. The number of nitrogens with one attached hydrogen (secondary N) is 2. The van der Waals surface area contributed by atoms with E-state index in [1.165, 1.54) is 0 Å². The van der Waals surface area contributed by atoms with Crippen molar-refractivity contribution >= 4 is 11.9 Å². The molecule has 1 aliphatic carbocycles. The molecule has 0 aromatic heterocycles. The fourth-order valence-corrected chi connectivity index (χ4v) is 2.69. The van der Waals surface area contributed by atoms with Gasteiger partial charge in [0, 0.05) is 5.92 Å². The van der Waals surface area contributed by atoms with E-state index in [1.807, 2.05) is 0 Å². The molecule has 1 heterocycles. The fraction of sp³-hybridized carbons (Fsp3) is 0.833. The predicted octanol–water partition coefficient (Wildman–Crippen LogP) is 0.0554. The van der Waals surface area contributed by atoms with E-state index < -0.39 is 0 Å². The molecule has 1 saturated heterocycles. The van der Waals surface area contributed by atoms with Crippen molar-refractivity contribution in [2.75, 3.05) is 26.2 Å². The summed E-state index contributed by atoms with van der Waals surface area (Å²) in [5.41, 5.74) is 0.226. The third-order valence-electron chi connectivity index (χ3n) is 3.82. The Labute approximate surface area is 101 Å². The van der Waals surface area contributed by atoms with Crippen molar-refractivity contribution in [1.82, 2.24) is 10.6 Å². The van der Waals surface area contributed by atoms with Crippen molar-refractivity contribution in [1.29, 1.82) is 0 Å². The second-order valence-corrected chi connectivity index (χ2v) is 4.89. The Morgan fingerprint density at radius 2 is 2.12 bits per heavy atom. The third-order valence-corrected chi connectivity index (χ3v) is 3.82. The second-order valence-electron chi connectivity index (χ2n) is 4.89. The van der Waals surface area contributed by atoms with E-state index in [4.69, 9.17) is 4.74 Å². The molecule has 2 rings (SSSR count). The monoisotopic (exact) mass is 240 g/mol. The quantitative estimate of drug-likeness (QED) is 0.682. The van der Waals surface area contributed by atoms with E-state index in [1.54, 1.807) is 6.92 Å². The van der Waals surface area contributed by atoms with Gasteiger partial charge in [-0.15, -0.1) is 0 Å². The molecule has 2 N–H and O–H groups in total. The highest BCUT2D eigenvalue weighted by Crippen LogP contribution is 2.58. The van der Waals surface area contributed by atoms with Crippen LogP contribution in [0.25, 0.3) is 0 Å². The Morgan fingerprint density at radius 3 is 2.76 bits per heavy atom. The van der Waals surface area contributed by atoms with Gasteiger partial charge in [0.2, 0.25) is 5.91 Å². The summed E-state index contributed by atoms with van der Waals surface area (Å²) in [4.78, 5) is 23.0. The maximum absolute atomic E-state index is 11.8. The van der Waals surface area contributed by atoms with Crippen LogP contribution < -0.4 is 10.6 Å². The van der Waals surface area contributed by atoms with Gasteiger partial charge in [-0.1, -0.05) is 0 Å². The molecular weight excluding hydrogens is 220 g/mol. The van der Waals surface area contributed by atoms with Crippen LogP contribution in [-0.4, -0.2) is 38.1 Å². The lowest BCUT2D eigenvalue weighted by Crippen LogP contribution is -2.36. The van der Waals surface area contributed by atoms with Gasteiger partial charge in [-0.25, -0.2) is 0 Å². The molecule has 0 radical (unpaired) electrons. The zero-order valence-corrected chi connectivity index (χ0v) is 10.3. The SMILES string of the molecule is CCOC(=O)CNC(=O)C1CC12CCNCC2. The van der Waals surface area contributed by atoms with E-state index >= 15 is 0 Å². The van der Waals surface area contributed by atoms with Crippen LogP contribution in [0.15, 0.2) is 0 Å². The maximum Gasteiger partial charge on any atom is 0.325 e. The number of rotatable bonds is 4. The lowest BCUT2D eigenvalue weighted by Gasteiger charge is -2.23. The molecule has 5 heteroatoms. The molecule has 96 valence electrons. The smallest absolute Gasteiger partial charge is 0.325 e. The third kappa shape index (κ3) is 2.77. The van der Waals surface area contributed by atoms with Crippen LogP contribution >= 0.6 is 0 Å². The average Bonchev–Trinajstić information content (AvgIpc) is 3.01. The first-order chi connectivity index (χ1) is 8.18. The van der Waals surface area contributed by atoms with Crippen LogP contribution in [0.3, 0.4) is 0 Å². The van der Waals surface area contributed by atoms with Gasteiger partial charge in [0.05, 0.1) is 6.61 Å². The van der Waals surface area contributed by atoms with E-state index in [-0.39, 0.29) is 29.8 Å². The number of hydrogen-bond acceptors (Lipinski definition) is 4. The molecule has 0 aromatic rings. The van der Waals surface area contributed by atoms with Crippen molar-refractivity contribution in [3.05, 3.63) is 0 Å². The van der Waals surface area contributed by atoms with Gasteiger partial charge < -0.3 is 15.4 Å². The van der Waals surface area contributed by atoms with Gasteiger partial charge in [-0.2, -0.15) is 0 Å². The Kier molecular flexibility index (Phi) is 3.66. The molecule has 0 bridgehead atoms. The maximum atomic E-state index is 11.8. The zero-order valence-electron chi connectivity index (χ0n) is 10.3. The molecule has 1 atom stereocenters. The molecule has 1 amide bonds. The van der Waals surface area contributed by atoms with Crippen LogP contribution in [0.5, 0.6) is 0 Å². The highest BCUT2D eigenvalue weighted by Gasteiger charge is 2.57. The fourth-order valence-electron chi connectivity index (χ4n) is 2.69. The predicted molar refractivity (Wildman–Crippen MR) is 62.3 cm³/mol. The Hall–Kier alpha value is -1.10. The van der Waals surface area contributed by atoms with Crippen LogP contribution in [0.2, 0.25) is 0 Å². The summed E-state index contributed by atoms with van der Waals surface area (Å²) in [6.07, 6.45) is 3.12. The highest BCUT2D eigenvalue weighted by molar-refractivity contribution is 5.86. The van der Waals surface area contributed by atoms with Gasteiger partial charge in [-0.3, -0.25) is 9.59 Å². The van der Waals surface area contributed by atoms with E-state index in [0.717, 1.165) is 32.4 Å². The largest absolute Gasteiger partial charge is 0.465 e. The molecular formula is C12H20N2O3. The summed E-state index contributed by atoms with van der Waals surface area (Å²) < 4.78 is 4.77. The summed E-state index contributed by atoms with van der Waals surface area (Å²) in [5.74, 6) is -0.236. The summed E-state index contributed by atoms with van der Waals surface area (Å²) in [6.45, 7) is 4.11. The van der Waals surface area contributed by atoms with Crippen molar-refractivity contribution in [2.24, 2.45) is 11.3 Å². The lowest BCUT2D eigenvalue weighted by atomic mass is 9.92. The van der Waals surface area contributed by atoms with E-state index in [2.05, 4.69) is 10.6 Å². The number of esters is 1. The van der Waals surface area contributed by atoms with Gasteiger partial charge in [0.25, 0.3) is 0 Å². The minimum atomic E-state index is -0.360. The van der Waals surface area contributed by atoms with Crippen molar-refractivity contribution in [2.45, 2.75) is 26.2 Å². The number of carbonyl (C=O) groups excluding carboxylic acids is 2. The summed E-state index contributed by atoms with van der Waals surface area (Å²) in [7, 11) is 0. The summed E-state index contributed by atoms with van der Waals surface area (Å²) in [5, 5.41) is 5.97. The number of hydrogen-bond donors (Lipinski definition) is 2. The first-order valence-electron chi connectivity index (χ1n) is 6.32. The average molecular weight is 240 g/mol. The molecule has 1 unspecified atom stereocenters. The molecule has 1 aliphatic heterocycles. The molecule has 5 nitrogen and oxygen atoms in total. The lowest BCUT2D eigenvalue weighted by molar-refractivity contribution is -0.143. The first-order valence-corrected chi connectivity index (χ1v) is 6.32. The van der Waals surface area contributed by atoms with Crippen LogP contribution in [-0.2, 0) is 14.3 Å². The van der Waals surface area contributed by atoms with Gasteiger partial charge in [-0.05, 0) is 44.7 Å².